The molecule has 7 nitrogen and oxygen atoms in total. The number of nitrogens with one attached hydrogen (secondary N) is 1. The zero-order chi connectivity index (χ0) is 22.4. The van der Waals surface area contributed by atoms with Crippen LogP contribution in [-0.2, 0) is 6.61 Å². The third-order valence-electron chi connectivity index (χ3n) is 4.09. The largest absolute Gasteiger partial charge is 0.493 e. The highest BCUT2D eigenvalue weighted by molar-refractivity contribution is 6.46. The Kier molecular flexibility index (Phi) is 7.57. The van der Waals surface area contributed by atoms with Crippen LogP contribution in [0.3, 0.4) is 0 Å². The van der Waals surface area contributed by atoms with E-state index >= 15 is 0 Å². The number of hydrazone groups is 1. The van der Waals surface area contributed by atoms with Crippen molar-refractivity contribution in [1.82, 2.24) is 10.4 Å². The molecular weight excluding hydrogens is 463 g/mol. The minimum Gasteiger partial charge on any atom is -0.493 e. The van der Waals surface area contributed by atoms with Gasteiger partial charge in [-0.25, -0.2) is 10.4 Å². The number of anilines is 1. The number of carbonyl (C=O) groups is 1. The van der Waals surface area contributed by atoms with Gasteiger partial charge in [-0.05, 0) is 29.3 Å². The molecule has 0 saturated heterocycles. The number of halogens is 3. The SMILES string of the molecule is COc1cc(/C=N/NC(=O)c2nc(Cl)c(Cl)c(N)c2Cl)ccc1OCc1ccccc1. The van der Waals surface area contributed by atoms with E-state index in [1.807, 2.05) is 30.3 Å². The highest BCUT2D eigenvalue weighted by atomic mass is 35.5. The first kappa shape index (κ1) is 22.7. The lowest BCUT2D eigenvalue weighted by molar-refractivity contribution is 0.0950. The van der Waals surface area contributed by atoms with Crippen molar-refractivity contribution in [2.45, 2.75) is 6.61 Å². The molecule has 0 aliphatic rings. The van der Waals surface area contributed by atoms with Crippen molar-refractivity contribution in [3.63, 3.8) is 0 Å². The van der Waals surface area contributed by atoms with E-state index in [2.05, 4.69) is 15.5 Å². The summed E-state index contributed by atoms with van der Waals surface area (Å²) in [5.74, 6) is 0.407. The summed E-state index contributed by atoms with van der Waals surface area (Å²) in [5, 5.41) is 3.64. The summed E-state index contributed by atoms with van der Waals surface area (Å²) >= 11 is 17.7. The maximum Gasteiger partial charge on any atom is 0.291 e. The number of hydrogen-bond acceptors (Lipinski definition) is 6. The van der Waals surface area contributed by atoms with Crippen molar-refractivity contribution in [1.29, 1.82) is 0 Å². The van der Waals surface area contributed by atoms with Crippen LogP contribution in [0.25, 0.3) is 0 Å². The molecule has 0 bridgehead atoms. The van der Waals surface area contributed by atoms with Crippen LogP contribution >= 0.6 is 34.8 Å². The van der Waals surface area contributed by atoms with Gasteiger partial charge in [-0.1, -0.05) is 65.1 Å². The Bertz CT molecular complexity index is 1120. The number of rotatable bonds is 7. The Balaban J connectivity index is 1.68. The molecule has 3 N–H and O–H groups in total. The summed E-state index contributed by atoms with van der Waals surface area (Å²) in [5.41, 5.74) is 9.51. The van der Waals surface area contributed by atoms with E-state index in [1.165, 1.54) is 13.3 Å². The summed E-state index contributed by atoms with van der Waals surface area (Å²) in [6, 6.07) is 15.0. The molecule has 160 valence electrons. The third-order valence-corrected chi connectivity index (χ3v) is 5.23. The number of methoxy groups -OCH3 is 1. The van der Waals surface area contributed by atoms with E-state index < -0.39 is 5.91 Å². The fourth-order valence-electron chi connectivity index (χ4n) is 2.52. The molecule has 0 spiro atoms. The molecule has 31 heavy (non-hydrogen) atoms. The van der Waals surface area contributed by atoms with Crippen LogP contribution in [0, 0.1) is 0 Å². The number of pyridine rings is 1. The average molecular weight is 480 g/mol. The summed E-state index contributed by atoms with van der Waals surface area (Å²) < 4.78 is 11.2. The number of nitrogens with zero attached hydrogens (tertiary/aromatic N) is 2. The molecule has 2 aromatic carbocycles. The van der Waals surface area contributed by atoms with Crippen molar-refractivity contribution in [3.8, 4) is 11.5 Å². The number of ether oxygens (including phenoxy) is 2. The lowest BCUT2D eigenvalue weighted by atomic mass is 10.2. The topological polar surface area (TPSA) is 98.8 Å². The molecule has 1 aromatic heterocycles. The smallest absolute Gasteiger partial charge is 0.291 e. The van der Waals surface area contributed by atoms with Gasteiger partial charge in [0.1, 0.15) is 11.6 Å². The highest BCUT2D eigenvalue weighted by Gasteiger charge is 2.19. The van der Waals surface area contributed by atoms with Crippen LogP contribution in [0.1, 0.15) is 21.6 Å². The van der Waals surface area contributed by atoms with Crippen molar-refractivity contribution < 1.29 is 14.3 Å². The van der Waals surface area contributed by atoms with Crippen LogP contribution in [0.5, 0.6) is 11.5 Å². The molecule has 0 saturated carbocycles. The van der Waals surface area contributed by atoms with E-state index in [4.69, 9.17) is 50.0 Å². The summed E-state index contributed by atoms with van der Waals surface area (Å²) in [6.45, 7) is 0.404. The molecule has 0 aliphatic heterocycles. The van der Waals surface area contributed by atoms with Gasteiger partial charge < -0.3 is 15.2 Å². The van der Waals surface area contributed by atoms with Gasteiger partial charge in [-0.15, -0.1) is 0 Å². The fraction of sp³-hybridized carbons (Fsp3) is 0.0952. The van der Waals surface area contributed by atoms with Crippen LogP contribution in [0.2, 0.25) is 15.2 Å². The second-order valence-electron chi connectivity index (χ2n) is 6.18. The van der Waals surface area contributed by atoms with Gasteiger partial charge >= 0.3 is 0 Å². The number of carbonyl (C=O) groups excluding carboxylic acids is 1. The first-order chi connectivity index (χ1) is 14.9. The van der Waals surface area contributed by atoms with E-state index in [0.717, 1.165) is 5.56 Å². The van der Waals surface area contributed by atoms with Gasteiger partial charge in [-0.2, -0.15) is 5.10 Å². The van der Waals surface area contributed by atoms with Crippen molar-refractivity contribution in [2.75, 3.05) is 12.8 Å². The molecule has 1 amide bonds. The monoisotopic (exact) mass is 478 g/mol. The van der Waals surface area contributed by atoms with E-state index in [-0.39, 0.29) is 26.6 Å². The lowest BCUT2D eigenvalue weighted by Gasteiger charge is -2.11. The number of aromatic nitrogens is 1. The minimum atomic E-state index is -0.693. The van der Waals surface area contributed by atoms with E-state index in [1.54, 1.807) is 18.2 Å². The predicted octanol–water partition coefficient (Wildman–Crippen LogP) is 4.98. The number of nitrogens with two attached hydrogens (primary N) is 1. The second kappa shape index (κ2) is 10.3. The number of hydrogen-bond donors (Lipinski definition) is 2. The van der Waals surface area contributed by atoms with Crippen molar-refractivity contribution in [2.24, 2.45) is 5.10 Å². The highest BCUT2D eigenvalue weighted by Crippen LogP contribution is 2.34. The van der Waals surface area contributed by atoms with Crippen LogP contribution < -0.4 is 20.6 Å². The van der Waals surface area contributed by atoms with Gasteiger partial charge in [0.2, 0.25) is 0 Å². The summed E-state index contributed by atoms with van der Waals surface area (Å²) in [7, 11) is 1.54. The quantitative estimate of drug-likeness (QED) is 0.283. The summed E-state index contributed by atoms with van der Waals surface area (Å²) in [6.07, 6.45) is 1.43. The second-order valence-corrected chi connectivity index (χ2v) is 7.29. The molecular formula is C21H17Cl3N4O3. The molecule has 1 heterocycles. The predicted molar refractivity (Wildman–Crippen MR) is 123 cm³/mol. The van der Waals surface area contributed by atoms with Gasteiger partial charge in [0.25, 0.3) is 5.91 Å². The Hall–Kier alpha value is -3.00. The van der Waals surface area contributed by atoms with Crippen LogP contribution in [0.4, 0.5) is 5.69 Å². The molecule has 0 atom stereocenters. The number of nitrogen functional groups attached to an aromatic ring is 1. The van der Waals surface area contributed by atoms with Crippen LogP contribution in [0.15, 0.2) is 53.6 Å². The number of benzene rings is 2. The summed E-state index contributed by atoms with van der Waals surface area (Å²) in [4.78, 5) is 16.1. The molecule has 0 unspecified atom stereocenters. The van der Waals surface area contributed by atoms with Gasteiger partial charge in [0.15, 0.2) is 22.3 Å². The molecule has 0 radical (unpaired) electrons. The lowest BCUT2D eigenvalue weighted by Crippen LogP contribution is -2.20. The first-order valence-electron chi connectivity index (χ1n) is 8.88. The minimum absolute atomic E-state index is 0.0200. The average Bonchev–Trinajstić information content (AvgIpc) is 2.79. The van der Waals surface area contributed by atoms with Gasteiger partial charge in [0.05, 0.1) is 24.0 Å². The Morgan fingerprint density at radius 2 is 1.87 bits per heavy atom. The maximum absolute atomic E-state index is 12.3. The van der Waals surface area contributed by atoms with E-state index in [9.17, 15) is 4.79 Å². The fourth-order valence-corrected chi connectivity index (χ4v) is 3.11. The molecule has 0 fully saturated rings. The van der Waals surface area contributed by atoms with Crippen LogP contribution in [-0.4, -0.2) is 24.2 Å². The molecule has 0 aliphatic carbocycles. The maximum atomic E-state index is 12.3. The van der Waals surface area contributed by atoms with Crippen molar-refractivity contribution in [3.05, 3.63) is 80.6 Å². The zero-order valence-corrected chi connectivity index (χ0v) is 18.5. The Morgan fingerprint density at radius 1 is 1.13 bits per heavy atom. The molecule has 3 aromatic rings. The van der Waals surface area contributed by atoms with Gasteiger partial charge in [-0.3, -0.25) is 4.79 Å². The Morgan fingerprint density at radius 3 is 2.58 bits per heavy atom. The first-order valence-corrected chi connectivity index (χ1v) is 10.0. The third kappa shape index (κ3) is 5.58. The van der Waals surface area contributed by atoms with E-state index in [0.29, 0.717) is 23.7 Å². The van der Waals surface area contributed by atoms with Gasteiger partial charge in [0, 0.05) is 0 Å². The molecule has 3 rings (SSSR count). The molecule has 10 heteroatoms. The standard InChI is InChI=1S/C21H17Cl3N4O3/c1-30-15-9-13(7-8-14(15)31-11-12-5-3-2-4-6-12)10-26-28-21(29)19-16(22)18(25)17(23)20(24)27-19/h2-10H,11H2,1H3,(H2,25,27)(H,28,29)/b26-10+. The number of amides is 1. The normalized spacial score (nSPS) is 10.8. The van der Waals surface area contributed by atoms with Crippen molar-refractivity contribution >= 4 is 52.6 Å². The zero-order valence-electron chi connectivity index (χ0n) is 16.2. The Labute approximate surface area is 193 Å².